The summed E-state index contributed by atoms with van der Waals surface area (Å²) in [6.07, 6.45) is 0. The van der Waals surface area contributed by atoms with Crippen molar-refractivity contribution >= 4 is 17.0 Å². The average molecular weight is 317 g/mol. The second-order valence-electron chi connectivity index (χ2n) is 5.67. The Morgan fingerprint density at radius 1 is 1.04 bits per heavy atom. The summed E-state index contributed by atoms with van der Waals surface area (Å²) in [6, 6.07) is 20.4. The predicted molar refractivity (Wildman–Crippen MR) is 96.8 cm³/mol. The molecule has 2 aromatic heterocycles. The topological polar surface area (TPSA) is 58.5 Å². The van der Waals surface area contributed by atoms with Gasteiger partial charge in [-0.3, -0.25) is 5.10 Å². The van der Waals surface area contributed by atoms with Gasteiger partial charge in [0.1, 0.15) is 0 Å². The van der Waals surface area contributed by atoms with Gasteiger partial charge < -0.3 is 9.88 Å². The zero-order valence-electron chi connectivity index (χ0n) is 13.5. The van der Waals surface area contributed by atoms with Gasteiger partial charge in [0.05, 0.1) is 29.0 Å². The molecule has 0 saturated heterocycles. The van der Waals surface area contributed by atoms with Gasteiger partial charge >= 0.3 is 0 Å². The molecular weight excluding hydrogens is 298 g/mol. The zero-order chi connectivity index (χ0) is 16.4. The molecule has 0 amide bonds. The molecule has 0 radical (unpaired) electrons. The van der Waals surface area contributed by atoms with Crippen molar-refractivity contribution in [1.29, 1.82) is 0 Å². The molecule has 0 saturated carbocycles. The first-order chi connectivity index (χ1) is 11.8. The molecule has 24 heavy (non-hydrogen) atoms. The number of hydrogen-bond acceptors (Lipinski definition) is 3. The van der Waals surface area contributed by atoms with Crippen molar-refractivity contribution in [3.63, 3.8) is 0 Å². The van der Waals surface area contributed by atoms with E-state index in [4.69, 9.17) is 0 Å². The number of para-hydroxylation sites is 2. The molecule has 4 rings (SSSR count). The number of benzene rings is 2. The second-order valence-corrected chi connectivity index (χ2v) is 5.67. The number of nitrogens with one attached hydrogen (secondary N) is 2. The van der Waals surface area contributed by atoms with Crippen molar-refractivity contribution in [1.82, 2.24) is 19.7 Å². The minimum absolute atomic E-state index is 0.656. The molecule has 2 aromatic carbocycles. The lowest BCUT2D eigenvalue weighted by atomic mass is 10.1. The molecule has 5 heteroatoms. The number of aromatic nitrogens is 4. The minimum atomic E-state index is 0.656. The molecule has 0 aliphatic heterocycles. The van der Waals surface area contributed by atoms with Crippen LogP contribution in [0.15, 0.2) is 60.7 Å². The van der Waals surface area contributed by atoms with Gasteiger partial charge in [0.25, 0.3) is 0 Å². The largest absolute Gasteiger partial charge is 0.350 e. The number of imidazole rings is 1. The summed E-state index contributed by atoms with van der Waals surface area (Å²) in [5, 5.41) is 10.9. The number of nitrogens with zero attached hydrogens (tertiary/aromatic N) is 3. The zero-order valence-corrected chi connectivity index (χ0v) is 13.5. The van der Waals surface area contributed by atoms with Gasteiger partial charge in [-0.1, -0.05) is 42.5 Å². The summed E-state index contributed by atoms with van der Waals surface area (Å²) >= 11 is 0. The molecule has 2 heterocycles. The van der Waals surface area contributed by atoms with Crippen LogP contribution in [0.5, 0.6) is 0 Å². The summed E-state index contributed by atoms with van der Waals surface area (Å²) in [4.78, 5) is 4.68. The Hall–Kier alpha value is -3.08. The maximum atomic E-state index is 4.68. The second kappa shape index (κ2) is 6.20. The van der Waals surface area contributed by atoms with Crippen LogP contribution in [0, 0.1) is 0 Å². The van der Waals surface area contributed by atoms with Gasteiger partial charge in [0, 0.05) is 12.1 Å². The lowest BCUT2D eigenvalue weighted by molar-refractivity contribution is 0.785. The summed E-state index contributed by atoms with van der Waals surface area (Å²) in [6.45, 7) is 3.66. The van der Waals surface area contributed by atoms with E-state index in [2.05, 4.69) is 56.3 Å². The standard InChI is InChI=1S/C19H19N5/c1-2-24-18-11-7-6-10-16(18)21-19(24)20-13-15-12-17(23-22-15)14-8-4-3-5-9-14/h3-12H,2,13H2,1H3,(H,20,21)(H,22,23). The van der Waals surface area contributed by atoms with Crippen LogP contribution in [0.1, 0.15) is 12.6 Å². The van der Waals surface area contributed by atoms with E-state index in [9.17, 15) is 0 Å². The van der Waals surface area contributed by atoms with Crippen LogP contribution >= 0.6 is 0 Å². The number of rotatable bonds is 5. The summed E-state index contributed by atoms with van der Waals surface area (Å²) in [7, 11) is 0. The van der Waals surface area contributed by atoms with E-state index in [1.54, 1.807) is 0 Å². The molecule has 120 valence electrons. The van der Waals surface area contributed by atoms with Gasteiger partial charge in [-0.2, -0.15) is 5.10 Å². The third-order valence-electron chi connectivity index (χ3n) is 4.11. The third kappa shape index (κ3) is 2.65. The fraction of sp³-hybridized carbons (Fsp3) is 0.158. The first-order valence-electron chi connectivity index (χ1n) is 8.14. The Balaban J connectivity index is 1.54. The Labute approximate surface area is 140 Å². The van der Waals surface area contributed by atoms with Crippen LogP contribution in [0.4, 0.5) is 5.95 Å². The highest BCUT2D eigenvalue weighted by Gasteiger charge is 2.09. The van der Waals surface area contributed by atoms with E-state index in [0.29, 0.717) is 6.54 Å². The summed E-state index contributed by atoms with van der Waals surface area (Å²) < 4.78 is 2.18. The maximum absolute atomic E-state index is 4.68. The number of H-pyrrole nitrogens is 1. The molecule has 0 aliphatic carbocycles. The molecule has 0 atom stereocenters. The molecule has 0 spiro atoms. The Bertz CT molecular complexity index is 952. The van der Waals surface area contributed by atoms with Crippen molar-refractivity contribution < 1.29 is 0 Å². The molecule has 0 aliphatic rings. The molecule has 4 aromatic rings. The fourth-order valence-corrected chi connectivity index (χ4v) is 2.91. The van der Waals surface area contributed by atoms with Gasteiger partial charge in [0.2, 0.25) is 5.95 Å². The predicted octanol–water partition coefficient (Wildman–Crippen LogP) is 4.06. The summed E-state index contributed by atoms with van der Waals surface area (Å²) in [5.74, 6) is 0.884. The summed E-state index contributed by atoms with van der Waals surface area (Å²) in [5.41, 5.74) is 5.26. The van der Waals surface area contributed by atoms with Gasteiger partial charge in [-0.05, 0) is 25.1 Å². The SMILES string of the molecule is CCn1c(NCc2cc(-c3ccccc3)n[nH]2)nc2ccccc21. The molecule has 5 nitrogen and oxygen atoms in total. The van der Waals surface area contributed by atoms with E-state index >= 15 is 0 Å². The monoisotopic (exact) mass is 317 g/mol. The lowest BCUT2D eigenvalue weighted by Gasteiger charge is -2.07. The van der Waals surface area contributed by atoms with Gasteiger partial charge in [-0.25, -0.2) is 4.98 Å². The number of aromatic amines is 1. The molecule has 0 bridgehead atoms. The maximum Gasteiger partial charge on any atom is 0.204 e. The van der Waals surface area contributed by atoms with Crippen molar-refractivity contribution in [3.8, 4) is 11.3 Å². The van der Waals surface area contributed by atoms with Crippen LogP contribution in [-0.4, -0.2) is 19.7 Å². The quantitative estimate of drug-likeness (QED) is 0.583. The Kier molecular flexibility index (Phi) is 3.75. The average Bonchev–Trinajstić information content (AvgIpc) is 3.24. The number of aryl methyl sites for hydroxylation is 1. The van der Waals surface area contributed by atoms with Crippen LogP contribution < -0.4 is 5.32 Å². The highest BCUT2D eigenvalue weighted by atomic mass is 15.2. The van der Waals surface area contributed by atoms with E-state index in [1.165, 1.54) is 0 Å². The fourth-order valence-electron chi connectivity index (χ4n) is 2.91. The smallest absolute Gasteiger partial charge is 0.204 e. The van der Waals surface area contributed by atoms with Crippen LogP contribution in [0.3, 0.4) is 0 Å². The van der Waals surface area contributed by atoms with E-state index in [0.717, 1.165) is 40.5 Å². The van der Waals surface area contributed by atoms with Crippen molar-refractivity contribution in [2.45, 2.75) is 20.0 Å². The Morgan fingerprint density at radius 2 is 1.83 bits per heavy atom. The minimum Gasteiger partial charge on any atom is -0.350 e. The highest BCUT2D eigenvalue weighted by molar-refractivity contribution is 5.78. The number of hydrogen-bond donors (Lipinski definition) is 2. The normalized spacial score (nSPS) is 11.0. The van der Waals surface area contributed by atoms with Crippen molar-refractivity contribution in [2.75, 3.05) is 5.32 Å². The lowest BCUT2D eigenvalue weighted by Crippen LogP contribution is -2.07. The molecule has 0 fully saturated rings. The molecule has 2 N–H and O–H groups in total. The first-order valence-corrected chi connectivity index (χ1v) is 8.14. The number of anilines is 1. The van der Waals surface area contributed by atoms with E-state index in [-0.39, 0.29) is 0 Å². The third-order valence-corrected chi connectivity index (χ3v) is 4.11. The highest BCUT2D eigenvalue weighted by Crippen LogP contribution is 2.21. The molecule has 0 unspecified atom stereocenters. The van der Waals surface area contributed by atoms with E-state index in [1.807, 2.05) is 36.4 Å². The van der Waals surface area contributed by atoms with Crippen LogP contribution in [0.25, 0.3) is 22.3 Å². The number of fused-ring (bicyclic) bond motifs is 1. The van der Waals surface area contributed by atoms with Gasteiger partial charge in [0.15, 0.2) is 0 Å². The van der Waals surface area contributed by atoms with Crippen LogP contribution in [-0.2, 0) is 13.1 Å². The first kappa shape index (κ1) is 14.5. The van der Waals surface area contributed by atoms with Crippen molar-refractivity contribution in [3.05, 3.63) is 66.4 Å². The van der Waals surface area contributed by atoms with Crippen LogP contribution in [0.2, 0.25) is 0 Å². The Morgan fingerprint density at radius 3 is 2.67 bits per heavy atom. The van der Waals surface area contributed by atoms with Crippen molar-refractivity contribution in [2.24, 2.45) is 0 Å². The van der Waals surface area contributed by atoms with E-state index < -0.39 is 0 Å². The van der Waals surface area contributed by atoms with Gasteiger partial charge in [-0.15, -0.1) is 0 Å². The molecular formula is C19H19N5.